The fourth-order valence-electron chi connectivity index (χ4n) is 2.01. The van der Waals surface area contributed by atoms with Crippen molar-refractivity contribution in [2.45, 2.75) is 18.2 Å². The Morgan fingerprint density at radius 1 is 1.43 bits per heavy atom. The van der Waals surface area contributed by atoms with Crippen LogP contribution in [0.1, 0.15) is 17.4 Å². The van der Waals surface area contributed by atoms with E-state index in [1.165, 1.54) is 11.8 Å². The summed E-state index contributed by atoms with van der Waals surface area (Å²) in [7, 11) is 0. The lowest BCUT2D eigenvalue weighted by molar-refractivity contribution is 0.0931. The van der Waals surface area contributed by atoms with Gasteiger partial charge >= 0.3 is 0 Å². The van der Waals surface area contributed by atoms with E-state index in [1.807, 2.05) is 43.5 Å². The Hall–Kier alpha value is -1.79. The highest BCUT2D eigenvalue weighted by Crippen LogP contribution is 2.17. The maximum absolute atomic E-state index is 12.2. The number of hydrogen-bond donors (Lipinski definition) is 3. The smallest absolute Gasteiger partial charge is 0.269 e. The lowest BCUT2D eigenvalue weighted by atomic mass is 10.1. The van der Waals surface area contributed by atoms with Gasteiger partial charge in [-0.25, -0.2) is 0 Å². The first-order valence-electron chi connectivity index (χ1n) is 6.71. The first kappa shape index (κ1) is 15.6. The van der Waals surface area contributed by atoms with Gasteiger partial charge in [-0.3, -0.25) is 9.89 Å². The van der Waals surface area contributed by atoms with Crippen molar-refractivity contribution < 1.29 is 9.90 Å². The number of aromatic nitrogens is 2. The van der Waals surface area contributed by atoms with E-state index in [1.54, 1.807) is 6.07 Å². The molecule has 2 aromatic rings. The summed E-state index contributed by atoms with van der Waals surface area (Å²) in [4.78, 5) is 12.2. The number of aromatic amines is 1. The fraction of sp³-hybridized carbons (Fsp3) is 0.333. The molecule has 0 bridgehead atoms. The first-order chi connectivity index (χ1) is 10.2. The minimum atomic E-state index is -0.218. The van der Waals surface area contributed by atoms with E-state index < -0.39 is 0 Å². The Bertz CT molecular complexity index is 582. The highest BCUT2D eigenvalue weighted by Gasteiger charge is 2.19. The summed E-state index contributed by atoms with van der Waals surface area (Å²) in [6.07, 6.45) is 1.91. The number of thioether (sulfide) groups is 1. The first-order valence-corrected chi connectivity index (χ1v) is 8.00. The van der Waals surface area contributed by atoms with Crippen LogP contribution in [0.2, 0.25) is 0 Å². The zero-order valence-electron chi connectivity index (χ0n) is 12.0. The summed E-state index contributed by atoms with van der Waals surface area (Å²) in [5, 5.41) is 19.0. The van der Waals surface area contributed by atoms with Crippen LogP contribution in [0.3, 0.4) is 0 Å². The van der Waals surface area contributed by atoms with E-state index in [2.05, 4.69) is 15.5 Å². The molecule has 0 saturated heterocycles. The Labute approximate surface area is 128 Å². The molecule has 2 atom stereocenters. The number of amides is 1. The van der Waals surface area contributed by atoms with Crippen molar-refractivity contribution in [3.05, 3.63) is 42.1 Å². The summed E-state index contributed by atoms with van der Waals surface area (Å²) in [6, 6.07) is 11.3. The van der Waals surface area contributed by atoms with Crippen LogP contribution in [0.15, 0.2) is 36.4 Å². The SMILES string of the molecule is CSC(CO)C(C)NC(=O)c1cc(-c2ccccc2)n[nH]1. The maximum Gasteiger partial charge on any atom is 0.269 e. The number of hydrogen-bond acceptors (Lipinski definition) is 4. The third kappa shape index (κ3) is 3.86. The van der Waals surface area contributed by atoms with Crippen molar-refractivity contribution in [3.8, 4) is 11.3 Å². The third-order valence-corrected chi connectivity index (χ3v) is 4.45. The van der Waals surface area contributed by atoms with Gasteiger partial charge in [0, 0.05) is 16.9 Å². The van der Waals surface area contributed by atoms with Crippen LogP contribution in [0, 0.1) is 0 Å². The topological polar surface area (TPSA) is 78.0 Å². The number of H-pyrrole nitrogens is 1. The summed E-state index contributed by atoms with van der Waals surface area (Å²) in [5.74, 6) is -0.218. The van der Waals surface area contributed by atoms with Crippen LogP contribution in [0.5, 0.6) is 0 Å². The van der Waals surface area contributed by atoms with Crippen molar-refractivity contribution in [2.75, 3.05) is 12.9 Å². The summed E-state index contributed by atoms with van der Waals surface area (Å²) in [6.45, 7) is 1.91. The zero-order chi connectivity index (χ0) is 15.2. The molecule has 1 aromatic carbocycles. The summed E-state index contributed by atoms with van der Waals surface area (Å²) < 4.78 is 0. The van der Waals surface area contributed by atoms with Gasteiger partial charge in [-0.15, -0.1) is 0 Å². The Kier molecular flexibility index (Phi) is 5.41. The van der Waals surface area contributed by atoms with Crippen molar-refractivity contribution in [3.63, 3.8) is 0 Å². The molecule has 21 heavy (non-hydrogen) atoms. The van der Waals surface area contributed by atoms with Gasteiger partial charge in [0.1, 0.15) is 5.69 Å². The zero-order valence-corrected chi connectivity index (χ0v) is 12.9. The molecule has 0 saturated carbocycles. The van der Waals surface area contributed by atoms with Crippen LogP contribution in [-0.4, -0.2) is 45.4 Å². The molecule has 0 aliphatic heterocycles. The van der Waals surface area contributed by atoms with Crippen molar-refractivity contribution in [1.82, 2.24) is 15.5 Å². The van der Waals surface area contributed by atoms with E-state index >= 15 is 0 Å². The second-order valence-corrected chi connectivity index (χ2v) is 5.83. The number of rotatable bonds is 6. The normalized spacial score (nSPS) is 13.7. The summed E-state index contributed by atoms with van der Waals surface area (Å²) >= 11 is 1.53. The van der Waals surface area contributed by atoms with Gasteiger partial charge < -0.3 is 10.4 Å². The molecule has 1 heterocycles. The quantitative estimate of drug-likeness (QED) is 0.762. The Balaban J connectivity index is 2.06. The van der Waals surface area contributed by atoms with E-state index in [-0.39, 0.29) is 23.8 Å². The van der Waals surface area contributed by atoms with Gasteiger partial charge in [-0.05, 0) is 19.2 Å². The second kappa shape index (κ2) is 7.28. The fourth-order valence-corrected chi connectivity index (χ4v) is 2.63. The van der Waals surface area contributed by atoms with Crippen molar-refractivity contribution in [2.24, 2.45) is 0 Å². The number of aliphatic hydroxyl groups is 1. The predicted octanol–water partition coefficient (Wildman–Crippen LogP) is 1.92. The van der Waals surface area contributed by atoms with E-state index in [0.717, 1.165) is 11.3 Å². The molecule has 0 radical (unpaired) electrons. The molecule has 3 N–H and O–H groups in total. The number of carbonyl (C=O) groups is 1. The van der Waals surface area contributed by atoms with Crippen LogP contribution < -0.4 is 5.32 Å². The highest BCUT2D eigenvalue weighted by molar-refractivity contribution is 7.99. The molecular weight excluding hydrogens is 286 g/mol. The van der Waals surface area contributed by atoms with E-state index in [4.69, 9.17) is 0 Å². The summed E-state index contributed by atoms with van der Waals surface area (Å²) in [5.41, 5.74) is 2.11. The van der Waals surface area contributed by atoms with Gasteiger partial charge in [-0.1, -0.05) is 30.3 Å². The molecule has 1 amide bonds. The molecule has 2 rings (SSSR count). The monoisotopic (exact) mass is 305 g/mol. The number of benzene rings is 1. The van der Waals surface area contributed by atoms with Crippen LogP contribution in [0.4, 0.5) is 0 Å². The van der Waals surface area contributed by atoms with Gasteiger partial charge in [0.05, 0.1) is 12.3 Å². The molecule has 5 nitrogen and oxygen atoms in total. The molecule has 0 spiro atoms. The molecule has 2 unspecified atom stereocenters. The third-order valence-electron chi connectivity index (χ3n) is 3.29. The average Bonchev–Trinajstić information content (AvgIpc) is 2.99. The molecule has 0 aliphatic rings. The average molecular weight is 305 g/mol. The molecular formula is C15H19N3O2S. The number of nitrogens with one attached hydrogen (secondary N) is 2. The second-order valence-electron chi connectivity index (χ2n) is 4.75. The molecule has 112 valence electrons. The highest BCUT2D eigenvalue weighted by atomic mass is 32.2. The number of aliphatic hydroxyl groups excluding tert-OH is 1. The predicted molar refractivity (Wildman–Crippen MR) is 85.3 cm³/mol. The molecule has 0 aliphatic carbocycles. The van der Waals surface area contributed by atoms with E-state index in [9.17, 15) is 9.90 Å². The largest absolute Gasteiger partial charge is 0.395 e. The number of nitrogens with zero attached hydrogens (tertiary/aromatic N) is 1. The van der Waals surface area contributed by atoms with Crippen LogP contribution >= 0.6 is 11.8 Å². The van der Waals surface area contributed by atoms with Crippen molar-refractivity contribution >= 4 is 17.7 Å². The molecule has 0 fully saturated rings. The molecule has 6 heteroatoms. The lowest BCUT2D eigenvalue weighted by Gasteiger charge is -2.20. The minimum Gasteiger partial charge on any atom is -0.395 e. The minimum absolute atomic E-state index is 0.0227. The van der Waals surface area contributed by atoms with Crippen LogP contribution in [0.25, 0.3) is 11.3 Å². The lowest BCUT2D eigenvalue weighted by Crippen LogP contribution is -2.41. The van der Waals surface area contributed by atoms with E-state index in [0.29, 0.717) is 5.69 Å². The Morgan fingerprint density at radius 3 is 2.76 bits per heavy atom. The number of carbonyl (C=O) groups excluding carboxylic acids is 1. The molecule has 1 aromatic heterocycles. The van der Waals surface area contributed by atoms with Gasteiger partial charge in [-0.2, -0.15) is 16.9 Å². The van der Waals surface area contributed by atoms with Gasteiger partial charge in [0.15, 0.2) is 0 Å². The van der Waals surface area contributed by atoms with Gasteiger partial charge in [0.25, 0.3) is 5.91 Å². The maximum atomic E-state index is 12.2. The van der Waals surface area contributed by atoms with Crippen LogP contribution in [-0.2, 0) is 0 Å². The van der Waals surface area contributed by atoms with Gasteiger partial charge in [0.2, 0.25) is 0 Å². The van der Waals surface area contributed by atoms with Crippen molar-refractivity contribution in [1.29, 1.82) is 0 Å². The Morgan fingerprint density at radius 2 is 2.14 bits per heavy atom. The standard InChI is InChI=1S/C15H19N3O2S/c1-10(14(9-19)21-2)16-15(20)13-8-12(17-18-13)11-6-4-3-5-7-11/h3-8,10,14,19H,9H2,1-2H3,(H,16,20)(H,17,18).